The van der Waals surface area contributed by atoms with Crippen LogP contribution < -0.4 is 16.8 Å². The minimum Gasteiger partial charge on any atom is -0.370 e. The Hall–Kier alpha value is -0.850. The Kier molecular flexibility index (Phi) is 3.68. The maximum Gasteiger partial charge on any atom is 0.199 e. The van der Waals surface area contributed by atoms with Crippen LogP contribution in [0.25, 0.3) is 0 Å². The average Bonchev–Trinajstić information content (AvgIpc) is 2.52. The molecular formula is C8H18N4O2. The molecule has 0 fully saturated rings. The summed E-state index contributed by atoms with van der Waals surface area (Å²) in [7, 11) is 3.17. The molecule has 1 heterocycles. The van der Waals surface area contributed by atoms with Crippen molar-refractivity contribution in [1.29, 1.82) is 0 Å². The maximum atomic E-state index is 5.57. The van der Waals surface area contributed by atoms with Gasteiger partial charge in [0.15, 0.2) is 17.9 Å². The Morgan fingerprint density at radius 3 is 2.79 bits per heavy atom. The molecule has 0 saturated heterocycles. The third-order valence-corrected chi connectivity index (χ3v) is 2.33. The van der Waals surface area contributed by atoms with Crippen LogP contribution in [0.15, 0.2) is 4.99 Å². The van der Waals surface area contributed by atoms with Gasteiger partial charge in [-0.15, -0.1) is 0 Å². The van der Waals surface area contributed by atoms with Gasteiger partial charge in [-0.3, -0.25) is 0 Å². The van der Waals surface area contributed by atoms with E-state index in [1.807, 2.05) is 0 Å². The molecule has 1 aliphatic rings. The average molecular weight is 202 g/mol. The van der Waals surface area contributed by atoms with Crippen molar-refractivity contribution < 1.29 is 9.47 Å². The Morgan fingerprint density at radius 1 is 1.57 bits per heavy atom. The molecule has 0 spiro atoms. The second-order valence-corrected chi connectivity index (χ2v) is 3.21. The Bertz CT molecular complexity index is 221. The van der Waals surface area contributed by atoms with Gasteiger partial charge in [-0.2, -0.15) is 0 Å². The van der Waals surface area contributed by atoms with E-state index in [1.165, 1.54) is 0 Å². The number of hydrogen-bond acceptors (Lipinski definition) is 6. The van der Waals surface area contributed by atoms with E-state index in [4.69, 9.17) is 20.9 Å². The first-order valence-electron chi connectivity index (χ1n) is 4.58. The van der Waals surface area contributed by atoms with Crippen LogP contribution in [0.2, 0.25) is 0 Å². The molecule has 6 heteroatoms. The van der Waals surface area contributed by atoms with E-state index in [9.17, 15) is 0 Å². The summed E-state index contributed by atoms with van der Waals surface area (Å²) in [5.74, 6) is 0.343. The van der Waals surface area contributed by atoms with E-state index < -0.39 is 12.0 Å². The minimum atomic E-state index is -0.655. The predicted molar refractivity (Wildman–Crippen MR) is 53.6 cm³/mol. The number of aliphatic imine (C=N–C) groups is 1. The highest BCUT2D eigenvalue weighted by Gasteiger charge is 2.44. The lowest BCUT2D eigenvalue weighted by Gasteiger charge is -2.32. The van der Waals surface area contributed by atoms with Crippen LogP contribution in [0.1, 0.15) is 12.8 Å². The zero-order valence-electron chi connectivity index (χ0n) is 8.62. The quantitative estimate of drug-likeness (QED) is 0.529. The largest absolute Gasteiger partial charge is 0.370 e. The second kappa shape index (κ2) is 4.59. The number of hydrogen-bond donors (Lipinski definition) is 3. The highest BCUT2D eigenvalue weighted by molar-refractivity contribution is 5.80. The molecule has 0 saturated carbocycles. The van der Waals surface area contributed by atoms with Gasteiger partial charge < -0.3 is 26.3 Å². The molecule has 1 aliphatic heterocycles. The van der Waals surface area contributed by atoms with Crippen LogP contribution in [0, 0.1) is 0 Å². The van der Waals surface area contributed by atoms with Gasteiger partial charge >= 0.3 is 0 Å². The van der Waals surface area contributed by atoms with E-state index in [1.54, 1.807) is 14.2 Å². The van der Waals surface area contributed by atoms with Gasteiger partial charge in [-0.05, 0) is 13.0 Å². The fourth-order valence-electron chi connectivity index (χ4n) is 1.59. The molecule has 0 aromatic carbocycles. The summed E-state index contributed by atoms with van der Waals surface area (Å²) < 4.78 is 10.6. The number of methoxy groups -OCH3 is 2. The molecular weight excluding hydrogens is 184 g/mol. The number of ether oxygens (including phenoxy) is 2. The molecule has 0 amide bonds. The fourth-order valence-corrected chi connectivity index (χ4v) is 1.59. The predicted octanol–water partition coefficient (Wildman–Crippen LogP) is -1.04. The Balaban J connectivity index is 2.69. The number of nitrogens with one attached hydrogen (secondary N) is 1. The summed E-state index contributed by atoms with van der Waals surface area (Å²) in [5, 5.41) is 2.98. The Morgan fingerprint density at radius 2 is 2.29 bits per heavy atom. The molecule has 0 aliphatic carbocycles. The van der Waals surface area contributed by atoms with E-state index >= 15 is 0 Å². The zero-order valence-corrected chi connectivity index (χ0v) is 8.62. The lowest BCUT2D eigenvalue weighted by atomic mass is 10.1. The zero-order chi connectivity index (χ0) is 10.6. The van der Waals surface area contributed by atoms with Gasteiger partial charge in [0.1, 0.15) is 0 Å². The summed E-state index contributed by atoms with van der Waals surface area (Å²) in [4.78, 5) is 4.08. The molecule has 1 rings (SSSR count). The fraction of sp³-hybridized carbons (Fsp3) is 0.875. The van der Waals surface area contributed by atoms with Crippen LogP contribution in [0.5, 0.6) is 0 Å². The molecule has 0 aromatic rings. The van der Waals surface area contributed by atoms with Gasteiger partial charge in [0.25, 0.3) is 0 Å². The van der Waals surface area contributed by atoms with Crippen LogP contribution >= 0.6 is 0 Å². The number of rotatable bonds is 5. The van der Waals surface area contributed by atoms with Crippen LogP contribution in [-0.4, -0.2) is 38.7 Å². The van der Waals surface area contributed by atoms with Crippen molar-refractivity contribution in [1.82, 2.24) is 5.32 Å². The standard InChI is InChI=1S/C8H18N4O2/c1-13-6-8(14-2,4-3-5-9)12-7(10)11-6/h6H,3-5,9H2,1-2H3,(H3,10,11,12)/t6-,8-/m0/s1. The highest BCUT2D eigenvalue weighted by Crippen LogP contribution is 2.25. The van der Waals surface area contributed by atoms with Crippen LogP contribution in [0.3, 0.4) is 0 Å². The van der Waals surface area contributed by atoms with Crippen molar-refractivity contribution in [3.63, 3.8) is 0 Å². The molecule has 82 valence electrons. The van der Waals surface area contributed by atoms with E-state index in [0.29, 0.717) is 18.9 Å². The van der Waals surface area contributed by atoms with Gasteiger partial charge in [-0.1, -0.05) is 0 Å². The molecule has 6 nitrogen and oxygen atoms in total. The summed E-state index contributed by atoms with van der Waals surface area (Å²) >= 11 is 0. The topological polar surface area (TPSA) is 94.9 Å². The third kappa shape index (κ3) is 1.97. The monoisotopic (exact) mass is 202 g/mol. The lowest BCUT2D eigenvalue weighted by molar-refractivity contribution is -0.119. The van der Waals surface area contributed by atoms with E-state index in [0.717, 1.165) is 6.42 Å². The number of nitrogens with zero attached hydrogens (tertiary/aromatic N) is 1. The smallest absolute Gasteiger partial charge is 0.199 e. The molecule has 14 heavy (non-hydrogen) atoms. The molecule has 2 atom stereocenters. The van der Waals surface area contributed by atoms with E-state index in [-0.39, 0.29) is 0 Å². The van der Waals surface area contributed by atoms with Gasteiger partial charge in [0.05, 0.1) is 0 Å². The third-order valence-electron chi connectivity index (χ3n) is 2.33. The summed E-state index contributed by atoms with van der Waals surface area (Å²) in [6, 6.07) is 0. The maximum absolute atomic E-state index is 5.57. The summed E-state index contributed by atoms with van der Waals surface area (Å²) in [6.45, 7) is 0.600. The highest BCUT2D eigenvalue weighted by atomic mass is 16.6. The van der Waals surface area contributed by atoms with Crippen LogP contribution in [0.4, 0.5) is 0 Å². The summed E-state index contributed by atoms with van der Waals surface area (Å²) in [5.41, 5.74) is 10.4. The van der Waals surface area contributed by atoms with Crippen molar-refractivity contribution in [2.75, 3.05) is 20.8 Å². The van der Waals surface area contributed by atoms with Crippen molar-refractivity contribution in [3.05, 3.63) is 0 Å². The minimum absolute atomic E-state index is 0.343. The molecule has 0 bridgehead atoms. The summed E-state index contributed by atoms with van der Waals surface area (Å²) in [6.07, 6.45) is 1.13. The second-order valence-electron chi connectivity index (χ2n) is 3.21. The van der Waals surface area contributed by atoms with Gasteiger partial charge in [0, 0.05) is 20.6 Å². The van der Waals surface area contributed by atoms with Gasteiger partial charge in [0.2, 0.25) is 0 Å². The SMILES string of the molecule is CO[C@@H]1N=C(N)N[C@@]1(CCCN)OC. The number of nitrogens with two attached hydrogens (primary N) is 2. The van der Waals surface area contributed by atoms with Crippen molar-refractivity contribution in [2.24, 2.45) is 16.5 Å². The Labute approximate surface area is 83.6 Å². The molecule has 5 N–H and O–H groups in total. The lowest BCUT2D eigenvalue weighted by Crippen LogP contribution is -2.54. The van der Waals surface area contributed by atoms with Crippen molar-refractivity contribution in [3.8, 4) is 0 Å². The first-order chi connectivity index (χ1) is 6.68. The molecule has 0 aromatic heterocycles. The first-order valence-corrected chi connectivity index (χ1v) is 4.58. The normalized spacial score (nSPS) is 31.4. The first kappa shape index (κ1) is 11.2. The van der Waals surface area contributed by atoms with Crippen molar-refractivity contribution >= 4 is 5.96 Å². The van der Waals surface area contributed by atoms with Crippen LogP contribution in [-0.2, 0) is 9.47 Å². The van der Waals surface area contributed by atoms with E-state index in [2.05, 4.69) is 10.3 Å². The molecule has 0 unspecified atom stereocenters. The molecule has 0 radical (unpaired) electrons. The van der Waals surface area contributed by atoms with Crippen molar-refractivity contribution in [2.45, 2.75) is 24.8 Å². The van der Waals surface area contributed by atoms with Gasteiger partial charge in [-0.25, -0.2) is 4.99 Å². The number of guanidine groups is 1.